The Bertz CT molecular complexity index is 593. The van der Waals surface area contributed by atoms with Crippen LogP contribution in [0.2, 0.25) is 5.15 Å². The van der Waals surface area contributed by atoms with Gasteiger partial charge in [-0.1, -0.05) is 11.6 Å². The van der Waals surface area contributed by atoms with Crippen molar-refractivity contribution < 1.29 is 4.74 Å². The molecule has 0 saturated carbocycles. The van der Waals surface area contributed by atoms with Gasteiger partial charge in [0.2, 0.25) is 0 Å². The van der Waals surface area contributed by atoms with Crippen LogP contribution in [-0.2, 0) is 18.3 Å². The Morgan fingerprint density at radius 2 is 2.37 bits per heavy atom. The third-order valence-corrected chi connectivity index (χ3v) is 3.80. The molecular formula is C12H16ClN5O. The summed E-state index contributed by atoms with van der Waals surface area (Å²) in [6.07, 6.45) is 2.74. The monoisotopic (exact) mass is 281 g/mol. The lowest BCUT2D eigenvalue weighted by atomic mass is 10.2. The summed E-state index contributed by atoms with van der Waals surface area (Å²) in [5.74, 6) is 0.718. The Labute approximate surface area is 116 Å². The van der Waals surface area contributed by atoms with E-state index in [1.807, 2.05) is 7.05 Å². The van der Waals surface area contributed by atoms with Gasteiger partial charge in [-0.25, -0.2) is 9.97 Å². The van der Waals surface area contributed by atoms with Gasteiger partial charge in [0.25, 0.3) is 0 Å². The minimum atomic E-state index is 0.435. The van der Waals surface area contributed by atoms with Gasteiger partial charge < -0.3 is 4.74 Å². The lowest BCUT2D eigenvalue weighted by Gasteiger charge is -2.21. The predicted molar refractivity (Wildman–Crippen MR) is 72.0 cm³/mol. The summed E-state index contributed by atoms with van der Waals surface area (Å²) < 4.78 is 7.11. The van der Waals surface area contributed by atoms with E-state index >= 15 is 0 Å². The minimum absolute atomic E-state index is 0.435. The summed E-state index contributed by atoms with van der Waals surface area (Å²) in [6.45, 7) is 2.27. The van der Waals surface area contributed by atoms with Gasteiger partial charge in [0, 0.05) is 19.7 Å². The summed E-state index contributed by atoms with van der Waals surface area (Å²) in [5.41, 5.74) is 0.770. The lowest BCUT2D eigenvalue weighted by Crippen LogP contribution is -2.32. The highest BCUT2D eigenvalue weighted by Gasteiger charge is 2.21. The minimum Gasteiger partial charge on any atom is -0.380 e. The van der Waals surface area contributed by atoms with E-state index in [4.69, 9.17) is 16.3 Å². The van der Waals surface area contributed by atoms with Crippen molar-refractivity contribution in [2.75, 3.05) is 20.3 Å². The number of rotatable bonds is 3. The van der Waals surface area contributed by atoms with Crippen LogP contribution in [0.3, 0.4) is 0 Å². The van der Waals surface area contributed by atoms with Crippen LogP contribution in [0.4, 0.5) is 0 Å². The fraction of sp³-hybridized carbons (Fsp3) is 0.583. The standard InChI is InChI=1S/C12H16ClN5O/c1-17(8-3-4-19-7-8)6-10-15-11(13)9-5-14-18(2)12(9)16-10/h5,8H,3-4,6-7H2,1-2H3. The van der Waals surface area contributed by atoms with Crippen molar-refractivity contribution in [3.05, 3.63) is 17.2 Å². The number of nitrogens with zero attached hydrogens (tertiary/aromatic N) is 5. The highest BCUT2D eigenvalue weighted by molar-refractivity contribution is 6.33. The van der Waals surface area contributed by atoms with Crippen LogP contribution >= 0.6 is 11.6 Å². The van der Waals surface area contributed by atoms with Gasteiger partial charge >= 0.3 is 0 Å². The summed E-state index contributed by atoms with van der Waals surface area (Å²) in [6, 6.07) is 0.435. The number of halogens is 1. The summed E-state index contributed by atoms with van der Waals surface area (Å²) >= 11 is 6.17. The fourth-order valence-electron chi connectivity index (χ4n) is 2.32. The second-order valence-corrected chi connectivity index (χ2v) is 5.23. The SMILES string of the molecule is CN(Cc1nc(Cl)c2cnn(C)c2n1)C1CCOC1. The molecule has 19 heavy (non-hydrogen) atoms. The molecule has 1 fully saturated rings. The first kappa shape index (κ1) is 12.8. The van der Waals surface area contributed by atoms with Crippen LogP contribution in [0.1, 0.15) is 12.2 Å². The van der Waals surface area contributed by atoms with Crippen molar-refractivity contribution in [3.8, 4) is 0 Å². The van der Waals surface area contributed by atoms with E-state index in [0.717, 1.165) is 36.5 Å². The second kappa shape index (κ2) is 5.03. The smallest absolute Gasteiger partial charge is 0.162 e. The molecule has 0 amide bonds. The Balaban J connectivity index is 1.86. The number of hydrogen-bond acceptors (Lipinski definition) is 5. The van der Waals surface area contributed by atoms with Crippen molar-refractivity contribution >= 4 is 22.6 Å². The maximum Gasteiger partial charge on any atom is 0.162 e. The summed E-state index contributed by atoms with van der Waals surface area (Å²) in [5, 5.41) is 5.40. The van der Waals surface area contributed by atoms with Gasteiger partial charge in [-0.15, -0.1) is 0 Å². The van der Waals surface area contributed by atoms with Crippen molar-refractivity contribution in [2.45, 2.75) is 19.0 Å². The Hall–Kier alpha value is -1.24. The number of fused-ring (bicyclic) bond motifs is 1. The zero-order valence-electron chi connectivity index (χ0n) is 11.0. The van der Waals surface area contributed by atoms with Crippen LogP contribution in [0.15, 0.2) is 6.20 Å². The lowest BCUT2D eigenvalue weighted by molar-refractivity contribution is 0.155. The molecule has 3 rings (SSSR count). The van der Waals surface area contributed by atoms with E-state index < -0.39 is 0 Å². The Kier molecular flexibility index (Phi) is 3.38. The largest absolute Gasteiger partial charge is 0.380 e. The molecular weight excluding hydrogens is 266 g/mol. The maximum atomic E-state index is 6.17. The van der Waals surface area contributed by atoms with E-state index in [0.29, 0.717) is 17.7 Å². The molecule has 1 unspecified atom stereocenters. The Morgan fingerprint density at radius 3 is 3.11 bits per heavy atom. The first-order valence-electron chi connectivity index (χ1n) is 6.27. The van der Waals surface area contributed by atoms with Crippen LogP contribution in [0, 0.1) is 0 Å². The number of ether oxygens (including phenoxy) is 1. The molecule has 2 aromatic heterocycles. The molecule has 0 aliphatic carbocycles. The van der Waals surface area contributed by atoms with Crippen LogP contribution in [-0.4, -0.2) is 51.0 Å². The van der Waals surface area contributed by atoms with E-state index in [1.54, 1.807) is 10.9 Å². The van der Waals surface area contributed by atoms with E-state index in [-0.39, 0.29) is 0 Å². The molecule has 1 aliphatic heterocycles. The van der Waals surface area contributed by atoms with Crippen LogP contribution in [0.25, 0.3) is 11.0 Å². The Morgan fingerprint density at radius 1 is 1.53 bits per heavy atom. The molecule has 102 valence electrons. The van der Waals surface area contributed by atoms with Gasteiger partial charge in [0.1, 0.15) is 11.0 Å². The molecule has 7 heteroatoms. The zero-order valence-corrected chi connectivity index (χ0v) is 11.8. The molecule has 1 atom stereocenters. The van der Waals surface area contributed by atoms with Crippen molar-refractivity contribution in [1.82, 2.24) is 24.6 Å². The average Bonchev–Trinajstić information content (AvgIpc) is 3.00. The molecule has 0 aromatic carbocycles. The fourth-order valence-corrected chi connectivity index (χ4v) is 2.55. The average molecular weight is 282 g/mol. The molecule has 0 spiro atoms. The normalized spacial score (nSPS) is 19.7. The van der Waals surface area contributed by atoms with Gasteiger partial charge in [0.05, 0.1) is 24.7 Å². The van der Waals surface area contributed by atoms with Crippen molar-refractivity contribution in [2.24, 2.45) is 7.05 Å². The second-order valence-electron chi connectivity index (χ2n) is 4.87. The van der Waals surface area contributed by atoms with Gasteiger partial charge in [-0.05, 0) is 13.5 Å². The van der Waals surface area contributed by atoms with Gasteiger partial charge in [-0.2, -0.15) is 5.10 Å². The number of likely N-dealkylation sites (N-methyl/N-ethyl adjacent to an activating group) is 1. The van der Waals surface area contributed by atoms with Crippen molar-refractivity contribution in [3.63, 3.8) is 0 Å². The molecule has 1 saturated heterocycles. The van der Waals surface area contributed by atoms with E-state index in [9.17, 15) is 0 Å². The van der Waals surface area contributed by atoms with Gasteiger partial charge in [0.15, 0.2) is 5.65 Å². The molecule has 0 N–H and O–H groups in total. The van der Waals surface area contributed by atoms with Crippen molar-refractivity contribution in [1.29, 1.82) is 0 Å². The summed E-state index contributed by atoms with van der Waals surface area (Å²) in [7, 11) is 3.91. The molecule has 0 radical (unpaired) electrons. The highest BCUT2D eigenvalue weighted by Crippen LogP contribution is 2.20. The quantitative estimate of drug-likeness (QED) is 0.792. The van der Waals surface area contributed by atoms with Crippen LogP contribution in [0.5, 0.6) is 0 Å². The van der Waals surface area contributed by atoms with E-state index in [2.05, 4.69) is 27.0 Å². The molecule has 1 aliphatic rings. The zero-order chi connectivity index (χ0) is 13.4. The first-order chi connectivity index (χ1) is 9.15. The van der Waals surface area contributed by atoms with E-state index in [1.165, 1.54) is 0 Å². The molecule has 6 nitrogen and oxygen atoms in total. The first-order valence-corrected chi connectivity index (χ1v) is 6.65. The maximum absolute atomic E-state index is 6.17. The number of aromatic nitrogens is 4. The molecule has 2 aromatic rings. The highest BCUT2D eigenvalue weighted by atomic mass is 35.5. The third-order valence-electron chi connectivity index (χ3n) is 3.51. The topological polar surface area (TPSA) is 56.1 Å². The summed E-state index contributed by atoms with van der Waals surface area (Å²) in [4.78, 5) is 11.1. The van der Waals surface area contributed by atoms with Crippen LogP contribution < -0.4 is 0 Å². The molecule has 0 bridgehead atoms. The molecule has 3 heterocycles. The third kappa shape index (κ3) is 2.43. The number of hydrogen-bond donors (Lipinski definition) is 0. The van der Waals surface area contributed by atoms with Gasteiger partial charge in [-0.3, -0.25) is 9.58 Å². The predicted octanol–water partition coefficient (Wildman–Crippen LogP) is 1.24. The number of aryl methyl sites for hydroxylation is 1.